The third kappa shape index (κ3) is 3.75. The number of thioether (sulfide) groups is 1. The number of benzene rings is 2. The summed E-state index contributed by atoms with van der Waals surface area (Å²) in [6.07, 6.45) is 7.56. The second-order valence-electron chi connectivity index (χ2n) is 5.07. The van der Waals surface area contributed by atoms with Crippen LogP contribution in [0.3, 0.4) is 0 Å². The van der Waals surface area contributed by atoms with E-state index in [2.05, 4.69) is 34.8 Å². The first-order chi connectivity index (χ1) is 11.3. The van der Waals surface area contributed by atoms with Gasteiger partial charge in [0.1, 0.15) is 11.5 Å². The van der Waals surface area contributed by atoms with E-state index in [1.807, 2.05) is 42.1 Å². The standard InChI is InChI=1S/C18H19N3OS/c1-19-12-14-11-15(21-10-9-20-13-21)3-8-18(14)22-16-4-6-17(23-2)7-5-16/h3-11,13,19H,12H2,1-2H3. The van der Waals surface area contributed by atoms with Crippen molar-refractivity contribution in [1.29, 1.82) is 0 Å². The van der Waals surface area contributed by atoms with Gasteiger partial charge in [-0.15, -0.1) is 11.8 Å². The van der Waals surface area contributed by atoms with E-state index >= 15 is 0 Å². The van der Waals surface area contributed by atoms with E-state index < -0.39 is 0 Å². The molecule has 0 saturated heterocycles. The molecule has 0 saturated carbocycles. The Labute approximate surface area is 140 Å². The second kappa shape index (κ2) is 7.35. The third-order valence-electron chi connectivity index (χ3n) is 3.50. The highest BCUT2D eigenvalue weighted by atomic mass is 32.2. The van der Waals surface area contributed by atoms with E-state index in [0.29, 0.717) is 0 Å². The topological polar surface area (TPSA) is 39.1 Å². The summed E-state index contributed by atoms with van der Waals surface area (Å²) in [5.74, 6) is 1.70. The normalized spacial score (nSPS) is 10.7. The molecule has 5 heteroatoms. The molecule has 0 fully saturated rings. The molecule has 3 rings (SSSR count). The molecule has 0 aliphatic heterocycles. The first kappa shape index (κ1) is 15.6. The van der Waals surface area contributed by atoms with Crippen molar-refractivity contribution in [1.82, 2.24) is 14.9 Å². The fourth-order valence-electron chi connectivity index (χ4n) is 2.34. The molecule has 0 aliphatic rings. The van der Waals surface area contributed by atoms with Crippen molar-refractivity contribution < 1.29 is 4.74 Å². The molecule has 0 aliphatic carbocycles. The Kier molecular flexibility index (Phi) is 5.00. The van der Waals surface area contributed by atoms with E-state index in [-0.39, 0.29) is 0 Å². The zero-order chi connectivity index (χ0) is 16.1. The third-order valence-corrected chi connectivity index (χ3v) is 4.24. The van der Waals surface area contributed by atoms with Crippen molar-refractivity contribution in [3.63, 3.8) is 0 Å². The van der Waals surface area contributed by atoms with E-state index in [1.54, 1.807) is 24.3 Å². The molecule has 0 radical (unpaired) electrons. The minimum absolute atomic E-state index is 0.737. The van der Waals surface area contributed by atoms with Gasteiger partial charge < -0.3 is 14.6 Å². The van der Waals surface area contributed by atoms with Crippen molar-refractivity contribution >= 4 is 11.8 Å². The van der Waals surface area contributed by atoms with Crippen LogP contribution in [0.15, 0.2) is 66.1 Å². The Morgan fingerprint density at radius 2 is 2.00 bits per heavy atom. The molecule has 0 bridgehead atoms. The fourth-order valence-corrected chi connectivity index (χ4v) is 2.75. The van der Waals surface area contributed by atoms with Crippen molar-refractivity contribution in [2.45, 2.75) is 11.4 Å². The number of nitrogens with zero attached hydrogens (tertiary/aromatic N) is 2. The van der Waals surface area contributed by atoms with Gasteiger partial charge in [-0.1, -0.05) is 0 Å². The van der Waals surface area contributed by atoms with Gasteiger partial charge in [-0.3, -0.25) is 0 Å². The lowest BCUT2D eigenvalue weighted by Gasteiger charge is -2.13. The molecule has 3 aromatic rings. The van der Waals surface area contributed by atoms with Crippen LogP contribution in [0.2, 0.25) is 0 Å². The molecule has 23 heavy (non-hydrogen) atoms. The lowest BCUT2D eigenvalue weighted by atomic mass is 10.1. The summed E-state index contributed by atoms with van der Waals surface area (Å²) < 4.78 is 8.04. The summed E-state index contributed by atoms with van der Waals surface area (Å²) in [5.41, 5.74) is 2.17. The van der Waals surface area contributed by atoms with E-state index in [1.165, 1.54) is 4.90 Å². The van der Waals surface area contributed by atoms with Crippen molar-refractivity contribution in [3.05, 3.63) is 66.7 Å². The van der Waals surface area contributed by atoms with Crippen LogP contribution in [-0.4, -0.2) is 22.9 Å². The molecule has 0 unspecified atom stereocenters. The minimum atomic E-state index is 0.737. The van der Waals surface area contributed by atoms with Gasteiger partial charge in [-0.25, -0.2) is 4.98 Å². The smallest absolute Gasteiger partial charge is 0.132 e. The van der Waals surface area contributed by atoms with Gasteiger partial charge in [0.2, 0.25) is 0 Å². The van der Waals surface area contributed by atoms with Crippen LogP contribution >= 0.6 is 11.8 Å². The van der Waals surface area contributed by atoms with Crippen molar-refractivity contribution in [2.24, 2.45) is 0 Å². The van der Waals surface area contributed by atoms with Crippen LogP contribution in [0.1, 0.15) is 5.56 Å². The summed E-state index contributed by atoms with van der Waals surface area (Å²) >= 11 is 1.72. The Morgan fingerprint density at radius 3 is 2.65 bits per heavy atom. The quantitative estimate of drug-likeness (QED) is 0.692. The lowest BCUT2D eigenvalue weighted by molar-refractivity contribution is 0.474. The maximum Gasteiger partial charge on any atom is 0.132 e. The molecule has 0 atom stereocenters. The molecular weight excluding hydrogens is 306 g/mol. The Bertz CT molecular complexity index is 754. The highest BCUT2D eigenvalue weighted by Gasteiger charge is 2.07. The maximum atomic E-state index is 6.06. The predicted octanol–water partition coefficient (Wildman–Crippen LogP) is 4.11. The summed E-state index contributed by atoms with van der Waals surface area (Å²) in [4.78, 5) is 5.32. The molecule has 0 amide bonds. The zero-order valence-corrected chi connectivity index (χ0v) is 14.0. The van der Waals surface area contributed by atoms with Crippen LogP contribution in [0.5, 0.6) is 11.5 Å². The van der Waals surface area contributed by atoms with Crippen LogP contribution in [0.25, 0.3) is 5.69 Å². The highest BCUT2D eigenvalue weighted by Crippen LogP contribution is 2.28. The Balaban J connectivity index is 1.88. The first-order valence-corrected chi connectivity index (χ1v) is 8.60. The minimum Gasteiger partial charge on any atom is -0.457 e. The van der Waals surface area contributed by atoms with Crippen molar-refractivity contribution in [3.8, 4) is 17.2 Å². The van der Waals surface area contributed by atoms with Gasteiger partial charge in [0.25, 0.3) is 0 Å². The average molecular weight is 325 g/mol. The van der Waals surface area contributed by atoms with Crippen LogP contribution in [-0.2, 0) is 6.54 Å². The SMILES string of the molecule is CNCc1cc(-n2ccnc2)ccc1Oc1ccc(SC)cc1. The molecule has 118 valence electrons. The van der Waals surface area contributed by atoms with Gasteiger partial charge in [-0.2, -0.15) is 0 Å². The number of hydrogen-bond acceptors (Lipinski definition) is 4. The summed E-state index contributed by atoms with van der Waals surface area (Å²) in [7, 11) is 1.93. The number of hydrogen-bond donors (Lipinski definition) is 1. The van der Waals surface area contributed by atoms with Gasteiger partial charge in [0.05, 0.1) is 6.33 Å². The fraction of sp³-hybridized carbons (Fsp3) is 0.167. The molecule has 2 aromatic carbocycles. The average Bonchev–Trinajstić information content (AvgIpc) is 3.12. The van der Waals surface area contributed by atoms with Crippen LogP contribution in [0.4, 0.5) is 0 Å². The number of nitrogens with one attached hydrogen (secondary N) is 1. The number of rotatable bonds is 6. The zero-order valence-electron chi connectivity index (χ0n) is 13.2. The number of aromatic nitrogens is 2. The number of ether oxygens (including phenoxy) is 1. The van der Waals surface area contributed by atoms with Gasteiger partial charge in [0, 0.05) is 35.1 Å². The maximum absolute atomic E-state index is 6.06. The van der Waals surface area contributed by atoms with Crippen LogP contribution < -0.4 is 10.1 Å². The monoisotopic (exact) mass is 325 g/mol. The summed E-state index contributed by atoms with van der Waals surface area (Å²) in [6.45, 7) is 0.737. The Morgan fingerprint density at radius 1 is 1.17 bits per heavy atom. The Hall–Kier alpha value is -2.24. The molecule has 4 nitrogen and oxygen atoms in total. The predicted molar refractivity (Wildman–Crippen MR) is 94.6 cm³/mol. The van der Waals surface area contributed by atoms with E-state index in [0.717, 1.165) is 29.3 Å². The van der Waals surface area contributed by atoms with Gasteiger partial charge >= 0.3 is 0 Å². The molecular formula is C18H19N3OS. The molecule has 0 spiro atoms. The van der Waals surface area contributed by atoms with Crippen molar-refractivity contribution in [2.75, 3.05) is 13.3 Å². The second-order valence-corrected chi connectivity index (χ2v) is 5.95. The highest BCUT2D eigenvalue weighted by molar-refractivity contribution is 7.98. The van der Waals surface area contributed by atoms with Gasteiger partial charge in [0.15, 0.2) is 0 Å². The van der Waals surface area contributed by atoms with E-state index in [4.69, 9.17) is 4.74 Å². The largest absolute Gasteiger partial charge is 0.457 e. The van der Waals surface area contributed by atoms with Gasteiger partial charge in [-0.05, 0) is 55.8 Å². The van der Waals surface area contributed by atoms with Crippen LogP contribution in [0, 0.1) is 0 Å². The molecule has 1 heterocycles. The summed E-state index contributed by atoms with van der Waals surface area (Å²) in [6, 6.07) is 14.3. The van der Waals surface area contributed by atoms with E-state index in [9.17, 15) is 0 Å². The lowest BCUT2D eigenvalue weighted by Crippen LogP contribution is -2.07. The molecule has 1 N–H and O–H groups in total. The molecule has 1 aromatic heterocycles. The first-order valence-electron chi connectivity index (χ1n) is 7.38. The summed E-state index contributed by atoms with van der Waals surface area (Å²) in [5, 5.41) is 3.19. The number of imidazole rings is 1.